The van der Waals surface area contributed by atoms with Crippen molar-refractivity contribution in [2.75, 3.05) is 19.6 Å². The number of hydrogen-bond donors (Lipinski definition) is 7. The molecule has 1 aromatic rings. The lowest BCUT2D eigenvalue weighted by Crippen LogP contribution is -2.52. The number of urea groups is 2. The van der Waals surface area contributed by atoms with Crippen LogP contribution in [0.1, 0.15) is 18.4 Å². The van der Waals surface area contributed by atoms with Crippen LogP contribution in [0.15, 0.2) is 35.3 Å². The van der Waals surface area contributed by atoms with Gasteiger partial charge in [0.25, 0.3) is 5.91 Å². The molecule has 2 rings (SSSR count). The van der Waals surface area contributed by atoms with Gasteiger partial charge in [-0.15, -0.1) is 0 Å². The standard InChI is InChI=1S/C20H28N8O6/c21-18(22)23-8-4-7-13-16(30)28(20(34)27-13)11-15(29)24-10-14(17(31)32)26-19(33)25-9-12-5-2-1-3-6-12/h1-3,5-6,13-14H,4,7-11H2,(H,24,29)(H,27,34)(H,31,32)(H4,21,22,23)(H2,25,26,33)/t13-,14-/m0/s1. The quantitative estimate of drug-likeness (QED) is 0.0774. The van der Waals surface area contributed by atoms with Gasteiger partial charge in [-0.25, -0.2) is 14.4 Å². The number of carbonyl (C=O) groups excluding carboxylic acids is 4. The normalized spacial score (nSPS) is 15.8. The van der Waals surface area contributed by atoms with Gasteiger partial charge < -0.3 is 37.8 Å². The Hall–Kier alpha value is -4.36. The van der Waals surface area contributed by atoms with Crippen LogP contribution in [0.25, 0.3) is 0 Å². The predicted molar refractivity (Wildman–Crippen MR) is 120 cm³/mol. The lowest BCUT2D eigenvalue weighted by atomic mass is 10.1. The van der Waals surface area contributed by atoms with Crippen molar-refractivity contribution in [2.24, 2.45) is 16.5 Å². The van der Waals surface area contributed by atoms with Crippen LogP contribution in [0.5, 0.6) is 0 Å². The molecule has 0 aromatic heterocycles. The van der Waals surface area contributed by atoms with Gasteiger partial charge in [-0.05, 0) is 18.4 Å². The third kappa shape index (κ3) is 8.29. The van der Waals surface area contributed by atoms with Gasteiger partial charge in [-0.1, -0.05) is 30.3 Å². The largest absolute Gasteiger partial charge is 0.480 e. The SMILES string of the molecule is NC(N)=NCCC[C@@H]1NC(=O)N(CC(=O)NC[C@H](NC(=O)NCc2ccccc2)C(=O)O)C1=O. The molecular weight excluding hydrogens is 448 g/mol. The highest BCUT2D eigenvalue weighted by Gasteiger charge is 2.38. The van der Waals surface area contributed by atoms with Crippen LogP contribution in [-0.2, 0) is 20.9 Å². The number of aliphatic carboxylic acids is 1. The molecule has 0 spiro atoms. The van der Waals surface area contributed by atoms with Crippen molar-refractivity contribution in [3.8, 4) is 0 Å². The Morgan fingerprint density at radius 2 is 1.85 bits per heavy atom. The summed E-state index contributed by atoms with van der Waals surface area (Å²) >= 11 is 0. The number of nitrogens with two attached hydrogens (primary N) is 2. The van der Waals surface area contributed by atoms with Crippen molar-refractivity contribution in [1.29, 1.82) is 0 Å². The molecule has 0 saturated carbocycles. The average molecular weight is 476 g/mol. The second kappa shape index (κ2) is 12.6. The van der Waals surface area contributed by atoms with E-state index in [-0.39, 0.29) is 25.5 Å². The van der Waals surface area contributed by atoms with E-state index in [2.05, 4.69) is 26.3 Å². The number of carboxylic acids is 1. The van der Waals surface area contributed by atoms with Crippen LogP contribution in [0.4, 0.5) is 9.59 Å². The summed E-state index contributed by atoms with van der Waals surface area (Å²) in [5, 5.41) is 18.9. The molecule has 0 radical (unpaired) electrons. The number of aliphatic imine (C=N–C) groups is 1. The van der Waals surface area contributed by atoms with E-state index in [4.69, 9.17) is 11.5 Å². The molecule has 14 nitrogen and oxygen atoms in total. The molecule has 9 N–H and O–H groups in total. The number of guanidine groups is 1. The average Bonchev–Trinajstić information content (AvgIpc) is 3.06. The molecular formula is C20H28N8O6. The van der Waals surface area contributed by atoms with E-state index < -0.39 is 55.0 Å². The number of carboxylic acid groups (broad SMARTS) is 1. The zero-order valence-corrected chi connectivity index (χ0v) is 18.3. The van der Waals surface area contributed by atoms with Gasteiger partial charge in [0.1, 0.15) is 18.6 Å². The highest BCUT2D eigenvalue weighted by Crippen LogP contribution is 2.11. The van der Waals surface area contributed by atoms with Gasteiger partial charge in [-0.3, -0.25) is 19.5 Å². The van der Waals surface area contributed by atoms with Crippen LogP contribution in [-0.4, -0.2) is 77.5 Å². The number of nitrogens with one attached hydrogen (secondary N) is 4. The molecule has 1 aliphatic heterocycles. The monoisotopic (exact) mass is 476 g/mol. The van der Waals surface area contributed by atoms with Crippen molar-refractivity contribution >= 4 is 35.8 Å². The number of amides is 6. The molecule has 1 saturated heterocycles. The fourth-order valence-electron chi connectivity index (χ4n) is 3.03. The van der Waals surface area contributed by atoms with E-state index in [0.29, 0.717) is 6.42 Å². The lowest BCUT2D eigenvalue weighted by Gasteiger charge is -2.17. The fraction of sp³-hybridized carbons (Fsp3) is 0.400. The molecule has 0 unspecified atom stereocenters. The van der Waals surface area contributed by atoms with E-state index >= 15 is 0 Å². The Kier molecular flexibility index (Phi) is 9.61. The Bertz CT molecular complexity index is 934. The Morgan fingerprint density at radius 1 is 1.15 bits per heavy atom. The number of hydrogen-bond acceptors (Lipinski definition) is 6. The number of rotatable bonds is 12. The summed E-state index contributed by atoms with van der Waals surface area (Å²) in [4.78, 5) is 64.6. The first-order valence-corrected chi connectivity index (χ1v) is 10.4. The Morgan fingerprint density at radius 3 is 2.50 bits per heavy atom. The summed E-state index contributed by atoms with van der Waals surface area (Å²) in [5.74, 6) is -2.80. The predicted octanol–water partition coefficient (Wildman–Crippen LogP) is -1.97. The van der Waals surface area contributed by atoms with Gasteiger partial charge in [0, 0.05) is 19.6 Å². The van der Waals surface area contributed by atoms with E-state index in [1.165, 1.54) is 0 Å². The van der Waals surface area contributed by atoms with E-state index in [1.54, 1.807) is 24.3 Å². The molecule has 1 aliphatic rings. The summed E-state index contributed by atoms with van der Waals surface area (Å²) in [6, 6.07) is 5.29. The maximum Gasteiger partial charge on any atom is 0.328 e. The van der Waals surface area contributed by atoms with Gasteiger partial charge in [0.05, 0.1) is 0 Å². The minimum atomic E-state index is -1.42. The first-order chi connectivity index (χ1) is 16.2. The minimum Gasteiger partial charge on any atom is -0.480 e. The Labute approximate surface area is 195 Å². The summed E-state index contributed by atoms with van der Waals surface area (Å²) in [5.41, 5.74) is 11.3. The highest BCUT2D eigenvalue weighted by molar-refractivity contribution is 6.06. The fourth-order valence-corrected chi connectivity index (χ4v) is 3.03. The van der Waals surface area contributed by atoms with Crippen LogP contribution >= 0.6 is 0 Å². The van der Waals surface area contributed by atoms with E-state index in [1.807, 2.05) is 6.07 Å². The molecule has 184 valence electrons. The van der Waals surface area contributed by atoms with Crippen LogP contribution < -0.4 is 32.7 Å². The summed E-state index contributed by atoms with van der Waals surface area (Å²) < 4.78 is 0. The first-order valence-electron chi connectivity index (χ1n) is 10.4. The first kappa shape index (κ1) is 25.9. The summed E-state index contributed by atoms with van der Waals surface area (Å²) in [6.07, 6.45) is 0.718. The topological polar surface area (TPSA) is 221 Å². The highest BCUT2D eigenvalue weighted by atomic mass is 16.4. The van der Waals surface area contributed by atoms with Gasteiger partial charge in [0.15, 0.2) is 5.96 Å². The number of carbonyl (C=O) groups is 5. The van der Waals surface area contributed by atoms with Crippen molar-refractivity contribution < 1.29 is 29.1 Å². The second-order valence-electron chi connectivity index (χ2n) is 7.38. The van der Waals surface area contributed by atoms with E-state index in [0.717, 1.165) is 10.5 Å². The maximum absolute atomic E-state index is 12.4. The molecule has 1 heterocycles. The summed E-state index contributed by atoms with van der Waals surface area (Å²) in [7, 11) is 0. The molecule has 1 aromatic carbocycles. The van der Waals surface area contributed by atoms with E-state index in [9.17, 15) is 29.1 Å². The smallest absolute Gasteiger partial charge is 0.328 e. The van der Waals surface area contributed by atoms with Gasteiger partial charge in [0.2, 0.25) is 5.91 Å². The Balaban J connectivity index is 1.78. The van der Waals surface area contributed by atoms with Gasteiger partial charge in [-0.2, -0.15) is 0 Å². The summed E-state index contributed by atoms with van der Waals surface area (Å²) in [6.45, 7) is -0.574. The van der Waals surface area contributed by atoms with Crippen molar-refractivity contribution in [3.05, 3.63) is 35.9 Å². The zero-order valence-electron chi connectivity index (χ0n) is 18.3. The molecule has 6 amide bonds. The molecule has 2 atom stereocenters. The number of benzene rings is 1. The van der Waals surface area contributed by atoms with Crippen LogP contribution in [0.3, 0.4) is 0 Å². The third-order valence-corrected chi connectivity index (χ3v) is 4.76. The molecule has 34 heavy (non-hydrogen) atoms. The molecule has 0 bridgehead atoms. The lowest BCUT2D eigenvalue weighted by molar-refractivity contribution is -0.139. The maximum atomic E-state index is 12.4. The van der Waals surface area contributed by atoms with Crippen LogP contribution in [0.2, 0.25) is 0 Å². The second-order valence-corrected chi connectivity index (χ2v) is 7.38. The van der Waals surface area contributed by atoms with Crippen molar-refractivity contribution in [2.45, 2.75) is 31.5 Å². The number of nitrogens with zero attached hydrogens (tertiary/aromatic N) is 2. The molecule has 1 fully saturated rings. The van der Waals surface area contributed by atoms with Crippen LogP contribution in [0, 0.1) is 0 Å². The van der Waals surface area contributed by atoms with Crippen molar-refractivity contribution in [3.63, 3.8) is 0 Å². The molecule has 0 aliphatic carbocycles. The van der Waals surface area contributed by atoms with Crippen molar-refractivity contribution in [1.82, 2.24) is 26.2 Å². The third-order valence-electron chi connectivity index (χ3n) is 4.76. The van der Waals surface area contributed by atoms with Gasteiger partial charge >= 0.3 is 18.0 Å². The number of imide groups is 1. The zero-order chi connectivity index (χ0) is 25.1. The molecule has 14 heteroatoms. The minimum absolute atomic E-state index is 0.0806.